The molecule has 0 bridgehead atoms. The molecule has 0 aliphatic carbocycles. The monoisotopic (exact) mass is 347 g/mol. The average Bonchev–Trinajstić information content (AvgIpc) is 2.68. The van der Waals surface area contributed by atoms with E-state index in [0.717, 1.165) is 57.7 Å². The van der Waals surface area contributed by atoms with Crippen LogP contribution in [0, 0.1) is 0 Å². The van der Waals surface area contributed by atoms with Crippen molar-refractivity contribution in [2.45, 2.75) is 50.7 Å². The van der Waals surface area contributed by atoms with E-state index in [2.05, 4.69) is 20.2 Å². The van der Waals surface area contributed by atoms with Gasteiger partial charge in [0.05, 0.1) is 11.7 Å². The number of hydrogen-bond donors (Lipinski definition) is 1. The van der Waals surface area contributed by atoms with E-state index in [9.17, 15) is 4.79 Å². The maximum Gasteiger partial charge on any atom is 0.317 e. The molecule has 0 aromatic carbocycles. The number of nitrogens with zero attached hydrogens (tertiary/aromatic N) is 4. The Morgan fingerprint density at radius 2 is 2.04 bits per heavy atom. The van der Waals surface area contributed by atoms with Crippen molar-refractivity contribution in [3.8, 4) is 0 Å². The minimum Gasteiger partial charge on any atom is -0.381 e. The predicted molar refractivity (Wildman–Crippen MR) is 95.2 cm³/mol. The normalized spacial score (nSPS) is 21.7. The quantitative estimate of drug-likeness (QED) is 0.900. The van der Waals surface area contributed by atoms with Gasteiger partial charge in [-0.25, -0.2) is 14.8 Å². The van der Waals surface area contributed by atoms with Crippen LogP contribution in [-0.2, 0) is 4.74 Å². The number of rotatable bonds is 4. The Labute approximate surface area is 149 Å². The second kappa shape index (κ2) is 8.58. The Morgan fingerprint density at radius 3 is 2.68 bits per heavy atom. The molecule has 138 valence electrons. The maximum absolute atomic E-state index is 12.6. The summed E-state index contributed by atoms with van der Waals surface area (Å²) in [6, 6.07) is 2.65. The lowest BCUT2D eigenvalue weighted by atomic mass is 10.00. The van der Waals surface area contributed by atoms with Crippen molar-refractivity contribution in [3.05, 3.63) is 24.3 Å². The van der Waals surface area contributed by atoms with Gasteiger partial charge in [-0.15, -0.1) is 0 Å². The van der Waals surface area contributed by atoms with Crippen LogP contribution in [0.4, 0.5) is 4.79 Å². The lowest BCUT2D eigenvalue weighted by molar-refractivity contribution is 0.0241. The second-order valence-electron chi connectivity index (χ2n) is 7.02. The van der Waals surface area contributed by atoms with Crippen LogP contribution in [0.5, 0.6) is 0 Å². The molecule has 2 aliphatic heterocycles. The summed E-state index contributed by atoms with van der Waals surface area (Å²) in [7, 11) is 1.82. The summed E-state index contributed by atoms with van der Waals surface area (Å²) >= 11 is 0. The van der Waals surface area contributed by atoms with Gasteiger partial charge in [0.15, 0.2) is 0 Å². The van der Waals surface area contributed by atoms with E-state index in [4.69, 9.17) is 4.74 Å². The first-order valence-electron chi connectivity index (χ1n) is 9.26. The molecule has 7 nitrogen and oxygen atoms in total. The summed E-state index contributed by atoms with van der Waals surface area (Å²) in [5.74, 6) is 0. The number of carbonyl (C=O) groups excluding carboxylic acids is 1. The maximum atomic E-state index is 12.6. The van der Waals surface area contributed by atoms with Gasteiger partial charge in [-0.1, -0.05) is 0 Å². The highest BCUT2D eigenvalue weighted by molar-refractivity contribution is 5.74. The van der Waals surface area contributed by atoms with Crippen molar-refractivity contribution >= 4 is 6.03 Å². The molecule has 2 fully saturated rings. The highest BCUT2D eigenvalue weighted by Gasteiger charge is 2.28. The summed E-state index contributed by atoms with van der Waals surface area (Å²) in [5, 5.41) is 3.19. The third-order valence-electron chi connectivity index (χ3n) is 5.50. The highest BCUT2D eigenvalue weighted by atomic mass is 16.5. The lowest BCUT2D eigenvalue weighted by Gasteiger charge is -2.39. The Morgan fingerprint density at radius 1 is 1.32 bits per heavy atom. The molecular weight excluding hydrogens is 318 g/mol. The second-order valence-corrected chi connectivity index (χ2v) is 7.02. The fourth-order valence-electron chi connectivity index (χ4n) is 3.66. The molecule has 1 atom stereocenters. The van der Waals surface area contributed by atoms with Gasteiger partial charge in [0.25, 0.3) is 0 Å². The molecule has 2 amide bonds. The molecule has 3 heterocycles. The topological polar surface area (TPSA) is 70.6 Å². The van der Waals surface area contributed by atoms with E-state index in [-0.39, 0.29) is 18.1 Å². The molecule has 2 saturated heterocycles. The molecule has 1 N–H and O–H groups in total. The zero-order valence-electron chi connectivity index (χ0n) is 15.2. The number of amides is 2. The van der Waals surface area contributed by atoms with Crippen LogP contribution < -0.4 is 5.32 Å². The van der Waals surface area contributed by atoms with Crippen molar-refractivity contribution < 1.29 is 9.53 Å². The van der Waals surface area contributed by atoms with Gasteiger partial charge in [0, 0.05) is 51.6 Å². The summed E-state index contributed by atoms with van der Waals surface area (Å²) in [4.78, 5) is 25.0. The van der Waals surface area contributed by atoms with Crippen molar-refractivity contribution in [1.82, 2.24) is 25.1 Å². The van der Waals surface area contributed by atoms with Crippen LogP contribution in [0.2, 0.25) is 0 Å². The number of likely N-dealkylation sites (tertiary alicyclic amines) is 1. The molecule has 0 unspecified atom stereocenters. The fraction of sp³-hybridized carbons (Fsp3) is 0.722. The van der Waals surface area contributed by atoms with E-state index in [1.165, 1.54) is 6.33 Å². The van der Waals surface area contributed by atoms with Gasteiger partial charge in [-0.2, -0.15) is 0 Å². The third-order valence-corrected chi connectivity index (χ3v) is 5.50. The van der Waals surface area contributed by atoms with E-state index in [1.54, 1.807) is 11.1 Å². The van der Waals surface area contributed by atoms with Crippen LogP contribution in [0.25, 0.3) is 0 Å². The van der Waals surface area contributed by atoms with Crippen LogP contribution >= 0.6 is 0 Å². The zero-order valence-corrected chi connectivity index (χ0v) is 15.2. The van der Waals surface area contributed by atoms with Gasteiger partial charge < -0.3 is 19.9 Å². The Bertz CT molecular complexity index is 542. The number of aromatic nitrogens is 2. The highest BCUT2D eigenvalue weighted by Crippen LogP contribution is 2.21. The molecule has 1 aromatic heterocycles. The summed E-state index contributed by atoms with van der Waals surface area (Å²) < 4.78 is 5.45. The smallest absolute Gasteiger partial charge is 0.317 e. The van der Waals surface area contributed by atoms with Crippen molar-refractivity contribution in [1.29, 1.82) is 0 Å². The number of carbonyl (C=O) groups is 1. The predicted octanol–water partition coefficient (Wildman–Crippen LogP) is 1.82. The minimum atomic E-state index is -0.0784. The van der Waals surface area contributed by atoms with Crippen molar-refractivity contribution in [2.24, 2.45) is 0 Å². The van der Waals surface area contributed by atoms with Crippen LogP contribution in [0.1, 0.15) is 44.3 Å². The van der Waals surface area contributed by atoms with Crippen molar-refractivity contribution in [3.63, 3.8) is 0 Å². The van der Waals surface area contributed by atoms with Crippen molar-refractivity contribution in [2.75, 3.05) is 33.4 Å². The lowest BCUT2D eigenvalue weighted by Crippen LogP contribution is -2.51. The fourth-order valence-corrected chi connectivity index (χ4v) is 3.66. The first kappa shape index (κ1) is 18.1. The first-order valence-corrected chi connectivity index (χ1v) is 9.26. The molecule has 2 aliphatic rings. The molecule has 0 saturated carbocycles. The van der Waals surface area contributed by atoms with E-state index < -0.39 is 0 Å². The summed E-state index contributed by atoms with van der Waals surface area (Å²) in [6.07, 6.45) is 7.52. The molecule has 25 heavy (non-hydrogen) atoms. The van der Waals surface area contributed by atoms with Crippen LogP contribution in [-0.4, -0.2) is 71.2 Å². The molecule has 7 heteroatoms. The van der Waals surface area contributed by atoms with E-state index in [1.807, 2.05) is 20.0 Å². The molecule has 3 rings (SSSR count). The SMILES string of the molecule is C[C@H](c1ccncn1)N(C)C(=O)NC1CCN(C2CCOCC2)CC1. The van der Waals surface area contributed by atoms with Gasteiger partial charge in [0.1, 0.15) is 6.33 Å². The molecular formula is C18H29N5O2. The molecule has 0 spiro atoms. The van der Waals surface area contributed by atoms with Crippen LogP contribution in [0.15, 0.2) is 18.6 Å². The number of nitrogens with one attached hydrogen (secondary N) is 1. The third kappa shape index (κ3) is 4.67. The first-order chi connectivity index (χ1) is 12.1. The summed E-state index contributed by atoms with van der Waals surface area (Å²) in [6.45, 7) is 5.86. The summed E-state index contributed by atoms with van der Waals surface area (Å²) in [5.41, 5.74) is 0.849. The number of piperidine rings is 1. The van der Waals surface area contributed by atoms with E-state index >= 15 is 0 Å². The number of hydrogen-bond acceptors (Lipinski definition) is 5. The van der Waals surface area contributed by atoms with Crippen LogP contribution in [0.3, 0.4) is 0 Å². The molecule has 1 aromatic rings. The Hall–Kier alpha value is -1.73. The average molecular weight is 347 g/mol. The Balaban J connectivity index is 1.45. The minimum absolute atomic E-state index is 0.0318. The Kier molecular flexibility index (Phi) is 6.20. The van der Waals surface area contributed by atoms with Gasteiger partial charge >= 0.3 is 6.03 Å². The number of urea groups is 1. The van der Waals surface area contributed by atoms with Gasteiger partial charge in [-0.3, -0.25) is 0 Å². The van der Waals surface area contributed by atoms with E-state index in [0.29, 0.717) is 6.04 Å². The molecule has 0 radical (unpaired) electrons. The zero-order chi connectivity index (χ0) is 17.6. The van der Waals surface area contributed by atoms with Gasteiger partial charge in [0.2, 0.25) is 0 Å². The largest absolute Gasteiger partial charge is 0.381 e. The van der Waals surface area contributed by atoms with Gasteiger partial charge in [-0.05, 0) is 38.7 Å². The number of ether oxygens (including phenoxy) is 1. The standard InChI is InChI=1S/C18H29N5O2/c1-14(17-3-8-19-13-20-17)22(2)18(24)21-15-4-9-23(10-5-15)16-6-11-25-12-7-16/h3,8,13-16H,4-7,9-12H2,1-2H3,(H,21,24)/t14-/m1/s1.